The highest BCUT2D eigenvalue weighted by atomic mass is 19.1. The number of ether oxygens (including phenoxy) is 2. The van der Waals surface area contributed by atoms with Crippen molar-refractivity contribution in [1.29, 1.82) is 0 Å². The molecular weight excluding hydrogens is 467 g/mol. The van der Waals surface area contributed by atoms with Gasteiger partial charge in [0.05, 0.1) is 12.8 Å². The van der Waals surface area contributed by atoms with Gasteiger partial charge in [0.2, 0.25) is 0 Å². The molecule has 3 aromatic rings. The molecule has 0 fully saturated rings. The van der Waals surface area contributed by atoms with E-state index in [2.05, 4.69) is 21.2 Å². The van der Waals surface area contributed by atoms with Crippen molar-refractivity contribution in [2.75, 3.05) is 18.5 Å². The molecule has 3 rings (SSSR count). The maximum Gasteiger partial charge on any atom is 0.329 e. The molecule has 10 heteroatoms. The van der Waals surface area contributed by atoms with E-state index in [0.29, 0.717) is 29.4 Å². The fourth-order valence-corrected chi connectivity index (χ4v) is 2.94. The summed E-state index contributed by atoms with van der Waals surface area (Å²) >= 11 is 0. The Labute approximate surface area is 207 Å². The summed E-state index contributed by atoms with van der Waals surface area (Å²) in [5, 5.41) is 8.92. The predicted octanol–water partition coefficient (Wildman–Crippen LogP) is 3.01. The third-order valence-electron chi connectivity index (χ3n) is 4.64. The van der Waals surface area contributed by atoms with Crippen LogP contribution >= 0.6 is 0 Å². The first-order chi connectivity index (χ1) is 17.4. The predicted molar refractivity (Wildman–Crippen MR) is 132 cm³/mol. The van der Waals surface area contributed by atoms with Crippen LogP contribution in [-0.4, -0.2) is 37.1 Å². The number of hydrogen-bond acceptors (Lipinski definition) is 6. The topological polar surface area (TPSA) is 118 Å². The van der Waals surface area contributed by atoms with Gasteiger partial charge in [-0.05, 0) is 60.5 Å². The Balaban J connectivity index is 1.51. The zero-order chi connectivity index (χ0) is 25.8. The van der Waals surface area contributed by atoms with E-state index >= 15 is 0 Å². The number of rotatable bonds is 10. The molecule has 0 spiro atoms. The summed E-state index contributed by atoms with van der Waals surface area (Å²) in [6.45, 7) is 2.06. The van der Waals surface area contributed by atoms with Crippen LogP contribution in [0, 0.1) is 5.82 Å². The molecule has 0 heterocycles. The Morgan fingerprint density at radius 1 is 0.917 bits per heavy atom. The van der Waals surface area contributed by atoms with Crippen LogP contribution in [0.3, 0.4) is 0 Å². The summed E-state index contributed by atoms with van der Waals surface area (Å²) in [6, 6.07) is 19.4. The van der Waals surface area contributed by atoms with Crippen LogP contribution in [-0.2, 0) is 20.9 Å². The van der Waals surface area contributed by atoms with Crippen molar-refractivity contribution in [2.24, 2.45) is 5.10 Å². The van der Waals surface area contributed by atoms with E-state index in [1.807, 2.05) is 30.3 Å². The molecule has 0 saturated carbocycles. The van der Waals surface area contributed by atoms with Crippen molar-refractivity contribution in [3.63, 3.8) is 0 Å². The summed E-state index contributed by atoms with van der Waals surface area (Å²) < 4.78 is 24.1. The molecule has 0 bridgehead atoms. The maximum atomic E-state index is 13.0. The summed E-state index contributed by atoms with van der Waals surface area (Å²) in [6.07, 6.45) is 1.34. The second-order valence-electron chi connectivity index (χ2n) is 7.35. The average Bonchev–Trinajstić information content (AvgIpc) is 2.89. The number of anilines is 1. The summed E-state index contributed by atoms with van der Waals surface area (Å²) in [7, 11) is 0. The molecule has 0 aliphatic heterocycles. The van der Waals surface area contributed by atoms with E-state index in [4.69, 9.17) is 9.47 Å². The van der Waals surface area contributed by atoms with Crippen molar-refractivity contribution in [3.05, 3.63) is 89.7 Å². The van der Waals surface area contributed by atoms with Crippen molar-refractivity contribution in [1.82, 2.24) is 10.7 Å². The maximum absolute atomic E-state index is 13.0. The summed E-state index contributed by atoms with van der Waals surface area (Å²) in [4.78, 5) is 36.0. The van der Waals surface area contributed by atoms with E-state index in [1.54, 1.807) is 25.1 Å². The number of carbonyl (C=O) groups excluding carboxylic acids is 3. The molecule has 0 atom stereocenters. The van der Waals surface area contributed by atoms with Gasteiger partial charge in [-0.15, -0.1) is 0 Å². The highest BCUT2D eigenvalue weighted by molar-refractivity contribution is 6.35. The van der Waals surface area contributed by atoms with Gasteiger partial charge in [0.15, 0.2) is 18.1 Å². The Morgan fingerprint density at radius 2 is 1.67 bits per heavy atom. The van der Waals surface area contributed by atoms with Gasteiger partial charge in [0.1, 0.15) is 5.82 Å². The van der Waals surface area contributed by atoms with E-state index < -0.39 is 23.5 Å². The average molecular weight is 493 g/mol. The van der Waals surface area contributed by atoms with Gasteiger partial charge in [-0.3, -0.25) is 14.4 Å². The quantitative estimate of drug-likeness (QED) is 0.228. The van der Waals surface area contributed by atoms with E-state index in [-0.39, 0.29) is 13.2 Å². The second kappa shape index (κ2) is 13.2. The Bertz CT molecular complexity index is 1220. The fourth-order valence-electron chi connectivity index (χ4n) is 2.94. The minimum absolute atomic E-state index is 0.220. The molecule has 3 aromatic carbocycles. The number of nitrogens with zero attached hydrogens (tertiary/aromatic N) is 1. The van der Waals surface area contributed by atoms with Gasteiger partial charge >= 0.3 is 11.8 Å². The lowest BCUT2D eigenvalue weighted by atomic mass is 10.2. The van der Waals surface area contributed by atoms with Gasteiger partial charge in [0.25, 0.3) is 5.91 Å². The number of amides is 3. The molecule has 3 N–H and O–H groups in total. The lowest BCUT2D eigenvalue weighted by Gasteiger charge is -2.12. The molecule has 36 heavy (non-hydrogen) atoms. The molecular formula is C26H25FN4O5. The largest absolute Gasteiger partial charge is 0.490 e. The van der Waals surface area contributed by atoms with E-state index in [0.717, 1.165) is 5.56 Å². The van der Waals surface area contributed by atoms with Gasteiger partial charge in [-0.1, -0.05) is 30.3 Å². The van der Waals surface area contributed by atoms with Gasteiger partial charge in [-0.2, -0.15) is 5.10 Å². The Morgan fingerprint density at radius 3 is 2.39 bits per heavy atom. The van der Waals surface area contributed by atoms with E-state index in [1.165, 1.54) is 30.5 Å². The van der Waals surface area contributed by atoms with Gasteiger partial charge < -0.3 is 20.1 Å². The Hall–Kier alpha value is -4.73. The monoisotopic (exact) mass is 492 g/mol. The first kappa shape index (κ1) is 25.9. The number of nitrogens with one attached hydrogen (secondary N) is 3. The molecule has 0 radical (unpaired) electrons. The third-order valence-corrected chi connectivity index (χ3v) is 4.64. The normalized spacial score (nSPS) is 10.5. The van der Waals surface area contributed by atoms with E-state index in [9.17, 15) is 18.8 Å². The molecule has 9 nitrogen and oxygen atoms in total. The number of hydrazone groups is 1. The number of hydrogen-bond donors (Lipinski definition) is 3. The molecule has 0 saturated heterocycles. The van der Waals surface area contributed by atoms with Crippen LogP contribution in [0.25, 0.3) is 0 Å². The van der Waals surface area contributed by atoms with Gasteiger partial charge in [-0.25, -0.2) is 9.82 Å². The standard InChI is InChI=1S/C26H25FN4O5/c1-2-35-23-14-19(16-29-31-26(34)25(33)28-15-18-6-4-3-5-7-18)8-13-22(23)36-17-24(32)30-21-11-9-20(27)10-12-21/h3-14,16H,2,15,17H2,1H3,(H,28,33)(H,30,32)(H,31,34)/b29-16-. The minimum Gasteiger partial charge on any atom is -0.490 e. The molecule has 186 valence electrons. The molecule has 3 amide bonds. The van der Waals surface area contributed by atoms with Crippen LogP contribution < -0.4 is 25.5 Å². The highest BCUT2D eigenvalue weighted by Gasteiger charge is 2.12. The van der Waals surface area contributed by atoms with Crippen LogP contribution in [0.15, 0.2) is 77.9 Å². The summed E-state index contributed by atoms with van der Waals surface area (Å²) in [5.74, 6) is -1.85. The lowest BCUT2D eigenvalue weighted by Crippen LogP contribution is -2.37. The number of carbonyl (C=O) groups is 3. The first-order valence-corrected chi connectivity index (χ1v) is 11.0. The molecule has 0 aliphatic carbocycles. The van der Waals surface area contributed by atoms with Crippen molar-refractivity contribution in [2.45, 2.75) is 13.5 Å². The lowest BCUT2D eigenvalue weighted by molar-refractivity contribution is -0.139. The first-order valence-electron chi connectivity index (χ1n) is 11.0. The minimum atomic E-state index is -0.903. The third kappa shape index (κ3) is 8.24. The van der Waals surface area contributed by atoms with Crippen molar-refractivity contribution in [3.8, 4) is 11.5 Å². The van der Waals surface area contributed by atoms with Gasteiger partial charge in [0, 0.05) is 12.2 Å². The molecule has 0 aliphatic rings. The van der Waals surface area contributed by atoms with Crippen LogP contribution in [0.1, 0.15) is 18.1 Å². The smallest absolute Gasteiger partial charge is 0.329 e. The Kier molecular flexibility index (Phi) is 9.51. The SMILES string of the molecule is CCOc1cc(/C=N\NC(=O)C(=O)NCc2ccccc2)ccc1OCC(=O)Nc1ccc(F)cc1. The number of benzene rings is 3. The zero-order valence-corrected chi connectivity index (χ0v) is 19.5. The summed E-state index contributed by atoms with van der Waals surface area (Å²) in [5.41, 5.74) is 4.04. The zero-order valence-electron chi connectivity index (χ0n) is 19.5. The number of halogens is 1. The van der Waals surface area contributed by atoms with Crippen LogP contribution in [0.4, 0.5) is 10.1 Å². The molecule has 0 unspecified atom stereocenters. The van der Waals surface area contributed by atoms with Crippen LogP contribution in [0.5, 0.6) is 11.5 Å². The highest BCUT2D eigenvalue weighted by Crippen LogP contribution is 2.28. The second-order valence-corrected chi connectivity index (χ2v) is 7.35. The van der Waals surface area contributed by atoms with Crippen molar-refractivity contribution >= 4 is 29.6 Å². The van der Waals surface area contributed by atoms with Crippen molar-refractivity contribution < 1.29 is 28.2 Å². The fraction of sp³-hybridized carbons (Fsp3) is 0.154. The van der Waals surface area contributed by atoms with Crippen LogP contribution in [0.2, 0.25) is 0 Å². The molecule has 0 aromatic heterocycles.